The van der Waals surface area contributed by atoms with E-state index in [0.29, 0.717) is 29.3 Å². The van der Waals surface area contributed by atoms with Crippen LogP contribution >= 0.6 is 11.6 Å². The summed E-state index contributed by atoms with van der Waals surface area (Å²) < 4.78 is 31.8. The van der Waals surface area contributed by atoms with E-state index in [1.54, 1.807) is 12.1 Å². The van der Waals surface area contributed by atoms with Gasteiger partial charge in [0.15, 0.2) is 0 Å². The van der Waals surface area contributed by atoms with E-state index in [1.165, 1.54) is 24.2 Å². The van der Waals surface area contributed by atoms with Gasteiger partial charge >= 0.3 is 0 Å². The van der Waals surface area contributed by atoms with E-state index in [2.05, 4.69) is 22.0 Å². The van der Waals surface area contributed by atoms with Gasteiger partial charge in [0.05, 0.1) is 20.9 Å². The quantitative estimate of drug-likeness (QED) is 0.788. The van der Waals surface area contributed by atoms with Crippen LogP contribution in [0.3, 0.4) is 0 Å². The van der Waals surface area contributed by atoms with Crippen molar-refractivity contribution in [1.82, 2.24) is 9.88 Å². The first-order valence-electron chi connectivity index (χ1n) is 8.81. The normalized spacial score (nSPS) is 23.1. The summed E-state index contributed by atoms with van der Waals surface area (Å²) in [4.78, 5) is 6.55. The van der Waals surface area contributed by atoms with Gasteiger partial charge < -0.3 is 9.64 Å². The Bertz CT molecular complexity index is 1090. The number of rotatable bonds is 3. The molecule has 5 nitrogen and oxygen atoms in total. The summed E-state index contributed by atoms with van der Waals surface area (Å²) in [6, 6.07) is 6.90. The summed E-state index contributed by atoms with van der Waals surface area (Å²) in [7, 11) is -3.69. The molecule has 2 atom stereocenters. The fourth-order valence-electron chi connectivity index (χ4n) is 4.08. The average molecular weight is 401 g/mol. The van der Waals surface area contributed by atoms with Gasteiger partial charge in [-0.05, 0) is 42.3 Å². The predicted octanol–water partition coefficient (Wildman–Crippen LogP) is 3.57. The second-order valence-electron chi connectivity index (χ2n) is 6.96. The number of hydrogen-bond donors (Lipinski definition) is 0. The molecule has 0 N–H and O–H groups in total. The van der Waals surface area contributed by atoms with Gasteiger partial charge in [-0.1, -0.05) is 23.7 Å². The molecule has 0 amide bonds. The van der Waals surface area contributed by atoms with E-state index < -0.39 is 9.84 Å². The molecule has 1 fully saturated rings. The number of nitrogens with zero attached hydrogens (tertiary/aromatic N) is 2. The van der Waals surface area contributed by atoms with Gasteiger partial charge in [0, 0.05) is 30.6 Å². The van der Waals surface area contributed by atoms with Crippen LogP contribution in [-0.4, -0.2) is 37.5 Å². The third-order valence-electron chi connectivity index (χ3n) is 5.51. The maximum absolute atomic E-state index is 12.9. The zero-order valence-electron chi connectivity index (χ0n) is 14.4. The summed E-state index contributed by atoms with van der Waals surface area (Å²) in [5, 5.41) is 0.290. The molecule has 3 heterocycles. The average Bonchev–Trinajstić information content (AvgIpc) is 3.04. The first-order valence-corrected chi connectivity index (χ1v) is 10.7. The number of ether oxygens (including phenoxy) is 1. The van der Waals surface area contributed by atoms with Crippen LogP contribution in [0.4, 0.5) is 0 Å². The molecule has 0 radical (unpaired) electrons. The number of benzene rings is 1. The Morgan fingerprint density at radius 1 is 1.19 bits per heavy atom. The highest BCUT2D eigenvalue weighted by Gasteiger charge is 2.41. The first kappa shape index (κ1) is 16.8. The van der Waals surface area contributed by atoms with Crippen molar-refractivity contribution < 1.29 is 13.2 Å². The molecular formula is C20H17ClN2O3S. The molecule has 7 heteroatoms. The zero-order valence-corrected chi connectivity index (χ0v) is 15.9. The first-order chi connectivity index (χ1) is 13.0. The lowest BCUT2D eigenvalue weighted by atomic mass is 9.89. The van der Waals surface area contributed by atoms with Crippen LogP contribution in [0.1, 0.15) is 17.9 Å². The fourth-order valence-corrected chi connectivity index (χ4v) is 5.58. The zero-order chi connectivity index (χ0) is 18.6. The minimum atomic E-state index is -3.69. The molecule has 0 bridgehead atoms. The van der Waals surface area contributed by atoms with E-state index in [0.717, 1.165) is 18.5 Å². The minimum Gasteiger partial charge on any atom is -0.491 e. The highest BCUT2D eigenvalue weighted by atomic mass is 35.5. The van der Waals surface area contributed by atoms with Crippen LogP contribution in [-0.2, 0) is 9.84 Å². The molecular weight excluding hydrogens is 384 g/mol. The fraction of sp³-hybridized carbons (Fsp3) is 0.250. The van der Waals surface area contributed by atoms with Crippen LogP contribution in [0.5, 0.6) is 5.75 Å². The van der Waals surface area contributed by atoms with E-state index in [-0.39, 0.29) is 9.79 Å². The van der Waals surface area contributed by atoms with Crippen molar-refractivity contribution in [2.24, 2.45) is 0 Å². The van der Waals surface area contributed by atoms with Gasteiger partial charge in [-0.3, -0.25) is 4.98 Å². The van der Waals surface area contributed by atoms with Crippen molar-refractivity contribution >= 4 is 21.4 Å². The van der Waals surface area contributed by atoms with Crippen LogP contribution < -0.4 is 4.74 Å². The number of hydrogen-bond acceptors (Lipinski definition) is 5. The topological polar surface area (TPSA) is 59.5 Å². The molecule has 2 aliphatic heterocycles. The summed E-state index contributed by atoms with van der Waals surface area (Å²) >= 11 is 5.90. The van der Waals surface area contributed by atoms with Crippen molar-refractivity contribution in [2.45, 2.75) is 28.2 Å². The summed E-state index contributed by atoms with van der Waals surface area (Å²) in [5.74, 6) is 1.01. The molecule has 0 saturated carbocycles. The summed E-state index contributed by atoms with van der Waals surface area (Å²) in [6.07, 6.45) is 10.0. The molecule has 1 aromatic carbocycles. The van der Waals surface area contributed by atoms with Crippen molar-refractivity contribution in [1.29, 1.82) is 0 Å². The van der Waals surface area contributed by atoms with Crippen molar-refractivity contribution in [2.75, 3.05) is 13.2 Å². The molecule has 1 aromatic heterocycles. The third-order valence-corrected chi connectivity index (χ3v) is 7.43. The number of likely N-dealkylation sites (tertiary alicyclic amines) is 1. The molecule has 1 aliphatic carbocycles. The lowest BCUT2D eigenvalue weighted by Gasteiger charge is -2.36. The third kappa shape index (κ3) is 2.66. The molecule has 1 saturated heterocycles. The maximum atomic E-state index is 12.9. The van der Waals surface area contributed by atoms with E-state index in [9.17, 15) is 8.42 Å². The van der Waals surface area contributed by atoms with E-state index in [1.807, 2.05) is 12.1 Å². The van der Waals surface area contributed by atoms with Crippen molar-refractivity contribution in [3.8, 4) is 5.75 Å². The second-order valence-corrected chi connectivity index (χ2v) is 9.35. The highest BCUT2D eigenvalue weighted by Crippen LogP contribution is 2.44. The van der Waals surface area contributed by atoms with Crippen LogP contribution in [0, 0.1) is 0 Å². The SMILES string of the molecule is O=S(=O)(c1cncc(Cl)c1)c1ccc2c(c1)OCC1C2CCN1C1=CC=C1. The molecule has 2 unspecified atom stereocenters. The molecule has 0 spiro atoms. The molecule has 138 valence electrons. The molecule has 3 aliphatic rings. The number of allylic oxidation sites excluding steroid dienone is 3. The Balaban J connectivity index is 1.48. The number of sulfone groups is 1. The Hall–Kier alpha value is -2.31. The number of fused-ring (bicyclic) bond motifs is 3. The van der Waals surface area contributed by atoms with Gasteiger partial charge in [0.25, 0.3) is 0 Å². The molecule has 27 heavy (non-hydrogen) atoms. The highest BCUT2D eigenvalue weighted by molar-refractivity contribution is 7.91. The van der Waals surface area contributed by atoms with Gasteiger partial charge in [0.2, 0.25) is 9.84 Å². The van der Waals surface area contributed by atoms with Gasteiger partial charge in [-0.25, -0.2) is 8.42 Å². The van der Waals surface area contributed by atoms with Crippen molar-refractivity contribution in [3.63, 3.8) is 0 Å². The molecule has 5 rings (SSSR count). The lowest BCUT2D eigenvalue weighted by Crippen LogP contribution is -2.39. The smallest absolute Gasteiger partial charge is 0.208 e. The van der Waals surface area contributed by atoms with Gasteiger partial charge in [0.1, 0.15) is 12.4 Å². The summed E-state index contributed by atoms with van der Waals surface area (Å²) in [6.45, 7) is 1.55. The largest absolute Gasteiger partial charge is 0.491 e. The van der Waals surface area contributed by atoms with Crippen LogP contribution in [0.15, 0.2) is 70.4 Å². The Kier molecular flexibility index (Phi) is 3.81. The predicted molar refractivity (Wildman–Crippen MR) is 102 cm³/mol. The van der Waals surface area contributed by atoms with E-state index in [4.69, 9.17) is 16.3 Å². The monoisotopic (exact) mass is 400 g/mol. The number of aromatic nitrogens is 1. The van der Waals surface area contributed by atoms with Crippen LogP contribution in [0.25, 0.3) is 0 Å². The Morgan fingerprint density at radius 2 is 2.04 bits per heavy atom. The van der Waals surface area contributed by atoms with Gasteiger partial charge in [-0.15, -0.1) is 0 Å². The summed E-state index contributed by atoms with van der Waals surface area (Å²) in [5.41, 5.74) is 2.34. The van der Waals surface area contributed by atoms with E-state index >= 15 is 0 Å². The maximum Gasteiger partial charge on any atom is 0.208 e. The Morgan fingerprint density at radius 3 is 2.78 bits per heavy atom. The standard InChI is InChI=1S/C20H17ClN2O3S/c21-13-8-16(11-22-10-13)27(24,25)15-4-5-18-17-6-7-23(14-2-1-3-14)19(17)12-26-20(18)9-15/h1-5,8-11,17,19H,6-7,12H2. The van der Waals surface area contributed by atoms with Crippen LogP contribution in [0.2, 0.25) is 5.02 Å². The van der Waals surface area contributed by atoms with Crippen molar-refractivity contribution in [3.05, 3.63) is 71.2 Å². The minimum absolute atomic E-state index is 0.0828. The number of pyridine rings is 1. The van der Waals surface area contributed by atoms with Gasteiger partial charge in [-0.2, -0.15) is 0 Å². The lowest BCUT2D eigenvalue weighted by molar-refractivity contribution is 0.174. The second kappa shape index (κ2) is 6.11. The Labute approximate surface area is 162 Å². The molecule has 2 aromatic rings. The number of halogens is 1.